The van der Waals surface area contributed by atoms with Crippen LogP contribution in [0.1, 0.15) is 58.2 Å². The van der Waals surface area contributed by atoms with E-state index in [9.17, 15) is 14.4 Å². The van der Waals surface area contributed by atoms with E-state index in [0.717, 1.165) is 22.3 Å². The van der Waals surface area contributed by atoms with Crippen molar-refractivity contribution < 1.29 is 14.4 Å². The van der Waals surface area contributed by atoms with Gasteiger partial charge in [0.1, 0.15) is 5.84 Å². The van der Waals surface area contributed by atoms with Crippen molar-refractivity contribution >= 4 is 35.3 Å². The number of aliphatic imine (C=N–C) groups is 1. The van der Waals surface area contributed by atoms with Crippen LogP contribution < -0.4 is 16.4 Å². The molecular formula is C30H32N4O3. The molecule has 0 aromatic heterocycles. The van der Waals surface area contributed by atoms with E-state index in [4.69, 9.17) is 5.73 Å². The van der Waals surface area contributed by atoms with Gasteiger partial charge in [0, 0.05) is 35.8 Å². The van der Waals surface area contributed by atoms with Gasteiger partial charge in [-0.1, -0.05) is 44.7 Å². The summed E-state index contributed by atoms with van der Waals surface area (Å²) in [5, 5.41) is 5.85. The van der Waals surface area contributed by atoms with Crippen molar-refractivity contribution in [3.05, 3.63) is 95.1 Å². The number of nitrogens with one attached hydrogen (secondary N) is 2. The Morgan fingerprint density at radius 2 is 1.59 bits per heavy atom. The molecule has 3 aromatic rings. The van der Waals surface area contributed by atoms with Crippen molar-refractivity contribution in [2.24, 2.45) is 16.6 Å². The van der Waals surface area contributed by atoms with Crippen LogP contribution in [0, 0.1) is 12.8 Å². The Morgan fingerprint density at radius 1 is 0.946 bits per heavy atom. The van der Waals surface area contributed by atoms with E-state index in [2.05, 4.69) is 22.2 Å². The molecule has 0 bridgehead atoms. The number of hydrogen-bond donors (Lipinski definition) is 3. The molecule has 0 radical (unpaired) electrons. The van der Waals surface area contributed by atoms with Gasteiger partial charge < -0.3 is 16.4 Å². The predicted molar refractivity (Wildman–Crippen MR) is 150 cm³/mol. The number of carbonyl (C=O) groups is 3. The summed E-state index contributed by atoms with van der Waals surface area (Å²) < 4.78 is 0. The normalized spacial score (nSPS) is 11.2. The molecule has 0 aliphatic rings. The molecule has 7 nitrogen and oxygen atoms in total. The van der Waals surface area contributed by atoms with E-state index in [1.807, 2.05) is 45.0 Å². The molecule has 0 atom stereocenters. The summed E-state index contributed by atoms with van der Waals surface area (Å²) in [5.74, 6) is -0.334. The fourth-order valence-corrected chi connectivity index (χ4v) is 3.77. The molecule has 0 saturated heterocycles. The molecule has 0 heterocycles. The number of amides is 3. The van der Waals surface area contributed by atoms with Gasteiger partial charge in [0.15, 0.2) is 0 Å². The average Bonchev–Trinajstić information content (AvgIpc) is 2.86. The van der Waals surface area contributed by atoms with E-state index in [0.29, 0.717) is 34.8 Å². The van der Waals surface area contributed by atoms with Crippen molar-refractivity contribution in [2.45, 2.75) is 27.7 Å². The van der Waals surface area contributed by atoms with Crippen LogP contribution in [0.2, 0.25) is 0 Å². The second-order valence-corrected chi connectivity index (χ2v) is 9.19. The van der Waals surface area contributed by atoms with E-state index in [1.165, 1.54) is 6.92 Å². The SMILES string of the molecule is C=Cc1ccc(-c2ccc(C(=O)NCC(C)C)cc2C)c(C(=O)Nc2ccc(C(N)=NC(C)=O)cc2)c1. The van der Waals surface area contributed by atoms with Crippen LogP contribution in [0.4, 0.5) is 5.69 Å². The first kappa shape index (κ1) is 27.1. The Balaban J connectivity index is 1.90. The monoisotopic (exact) mass is 496 g/mol. The third kappa shape index (κ3) is 7.01. The lowest BCUT2D eigenvalue weighted by Crippen LogP contribution is -2.27. The van der Waals surface area contributed by atoms with E-state index in [-0.39, 0.29) is 23.6 Å². The van der Waals surface area contributed by atoms with Gasteiger partial charge >= 0.3 is 0 Å². The van der Waals surface area contributed by atoms with E-state index < -0.39 is 0 Å². The van der Waals surface area contributed by atoms with Crippen molar-refractivity contribution in [3.63, 3.8) is 0 Å². The zero-order chi connectivity index (χ0) is 27.1. The molecule has 37 heavy (non-hydrogen) atoms. The Morgan fingerprint density at radius 3 is 2.19 bits per heavy atom. The maximum Gasteiger partial charge on any atom is 0.256 e. The minimum atomic E-state index is -0.385. The van der Waals surface area contributed by atoms with Crippen LogP contribution in [0.3, 0.4) is 0 Å². The zero-order valence-corrected chi connectivity index (χ0v) is 21.6. The lowest BCUT2D eigenvalue weighted by atomic mass is 9.92. The fraction of sp³-hybridized carbons (Fsp3) is 0.200. The van der Waals surface area contributed by atoms with Crippen LogP contribution in [-0.2, 0) is 4.79 Å². The summed E-state index contributed by atoms with van der Waals surface area (Å²) >= 11 is 0. The highest BCUT2D eigenvalue weighted by molar-refractivity contribution is 6.10. The van der Waals surface area contributed by atoms with Gasteiger partial charge in [-0.15, -0.1) is 0 Å². The van der Waals surface area contributed by atoms with Gasteiger partial charge in [-0.3, -0.25) is 14.4 Å². The third-order valence-electron chi connectivity index (χ3n) is 5.69. The Hall–Kier alpha value is -4.52. The highest BCUT2D eigenvalue weighted by Gasteiger charge is 2.17. The number of hydrogen-bond acceptors (Lipinski definition) is 3. The van der Waals surface area contributed by atoms with Gasteiger partial charge in [-0.2, -0.15) is 4.99 Å². The summed E-state index contributed by atoms with van der Waals surface area (Å²) in [6.45, 7) is 11.8. The van der Waals surface area contributed by atoms with Crippen LogP contribution in [0.15, 0.2) is 72.2 Å². The van der Waals surface area contributed by atoms with E-state index >= 15 is 0 Å². The van der Waals surface area contributed by atoms with Crippen LogP contribution in [0.25, 0.3) is 17.2 Å². The molecule has 0 spiro atoms. The summed E-state index contributed by atoms with van der Waals surface area (Å²) in [7, 11) is 0. The van der Waals surface area contributed by atoms with Crippen molar-refractivity contribution in [1.82, 2.24) is 5.32 Å². The molecule has 190 valence electrons. The van der Waals surface area contributed by atoms with Gasteiger partial charge in [0.05, 0.1) is 0 Å². The zero-order valence-electron chi connectivity index (χ0n) is 21.6. The number of anilines is 1. The van der Waals surface area contributed by atoms with Crippen LogP contribution in [-0.4, -0.2) is 30.1 Å². The van der Waals surface area contributed by atoms with Crippen LogP contribution >= 0.6 is 0 Å². The topological polar surface area (TPSA) is 114 Å². The number of benzene rings is 3. The van der Waals surface area contributed by atoms with Crippen LogP contribution in [0.5, 0.6) is 0 Å². The molecule has 0 aliphatic carbocycles. The molecule has 3 amide bonds. The third-order valence-corrected chi connectivity index (χ3v) is 5.69. The molecular weight excluding hydrogens is 464 g/mol. The molecule has 0 unspecified atom stereocenters. The summed E-state index contributed by atoms with van der Waals surface area (Å²) in [6.07, 6.45) is 1.68. The van der Waals surface area contributed by atoms with Crippen molar-refractivity contribution in [1.29, 1.82) is 0 Å². The standard InChI is InChI=1S/C30H32N4O3/c1-6-21-7-13-26(25-14-10-23(15-19(25)4)29(36)32-17-18(2)3)27(16-21)30(37)34-24-11-8-22(9-12-24)28(31)33-20(5)35/h6-16,18H,1,17H2,2-5H3,(H,32,36)(H,34,37)(H2,31,33,35). The first-order valence-electron chi connectivity index (χ1n) is 12.0. The number of nitrogens with two attached hydrogens (primary N) is 1. The highest BCUT2D eigenvalue weighted by Crippen LogP contribution is 2.30. The molecule has 3 aromatic carbocycles. The Labute approximate surface area is 217 Å². The molecule has 0 aliphatic heterocycles. The quantitative estimate of drug-likeness (QED) is 0.294. The van der Waals surface area contributed by atoms with Gasteiger partial charge in [-0.25, -0.2) is 0 Å². The Kier molecular flexibility index (Phi) is 8.74. The fourth-order valence-electron chi connectivity index (χ4n) is 3.77. The smallest absolute Gasteiger partial charge is 0.256 e. The van der Waals surface area contributed by atoms with Crippen molar-refractivity contribution in [3.8, 4) is 11.1 Å². The first-order valence-corrected chi connectivity index (χ1v) is 12.0. The highest BCUT2D eigenvalue weighted by atomic mass is 16.2. The van der Waals surface area contributed by atoms with Gasteiger partial charge in [-0.05, 0) is 77.6 Å². The van der Waals surface area contributed by atoms with Gasteiger partial charge in [0.25, 0.3) is 11.8 Å². The maximum atomic E-state index is 13.4. The minimum Gasteiger partial charge on any atom is -0.383 e. The maximum absolute atomic E-state index is 13.4. The number of amidine groups is 1. The summed E-state index contributed by atoms with van der Waals surface area (Å²) in [4.78, 5) is 40.8. The number of carbonyl (C=O) groups excluding carboxylic acids is 3. The summed E-state index contributed by atoms with van der Waals surface area (Å²) in [6, 6.07) is 17.8. The largest absolute Gasteiger partial charge is 0.383 e. The molecule has 0 fully saturated rings. The first-order chi connectivity index (χ1) is 17.6. The predicted octanol–water partition coefficient (Wildman–Crippen LogP) is 5.19. The minimum absolute atomic E-state index is 0.114. The average molecular weight is 497 g/mol. The van der Waals surface area contributed by atoms with Gasteiger partial charge in [0.2, 0.25) is 5.91 Å². The Bertz CT molecular complexity index is 1370. The lowest BCUT2D eigenvalue weighted by molar-refractivity contribution is -0.115. The number of nitrogens with zero attached hydrogens (tertiary/aromatic N) is 1. The number of rotatable bonds is 8. The van der Waals surface area contributed by atoms with Crippen molar-refractivity contribution in [2.75, 3.05) is 11.9 Å². The molecule has 3 rings (SSSR count). The lowest BCUT2D eigenvalue weighted by Gasteiger charge is -2.15. The summed E-state index contributed by atoms with van der Waals surface area (Å²) in [5.41, 5.74) is 11.3. The second kappa shape index (κ2) is 11.9. The molecule has 0 saturated carbocycles. The number of aryl methyl sites for hydroxylation is 1. The molecule has 7 heteroatoms. The second-order valence-electron chi connectivity index (χ2n) is 9.19. The van der Waals surface area contributed by atoms with E-state index in [1.54, 1.807) is 42.5 Å². The molecule has 4 N–H and O–H groups in total.